The van der Waals surface area contributed by atoms with E-state index in [1.54, 1.807) is 6.07 Å². The molecule has 1 N–H and O–H groups in total. The average Bonchev–Trinajstić information content (AvgIpc) is 2.34. The first-order valence-corrected chi connectivity index (χ1v) is 4.84. The number of aliphatic hydroxyl groups excluding tert-OH is 1. The topological polar surface area (TPSA) is 79.6 Å². The molecule has 0 saturated carbocycles. The third-order valence-corrected chi connectivity index (χ3v) is 2.11. The molecule has 0 heterocycles. The molecular formula is C11H8F3NO4. The molecule has 0 aliphatic rings. The highest BCUT2D eigenvalue weighted by atomic mass is 19.4. The minimum atomic E-state index is -4.95. The van der Waals surface area contributed by atoms with Crippen molar-refractivity contribution in [1.29, 1.82) is 5.26 Å². The predicted molar refractivity (Wildman–Crippen MR) is 55.1 cm³/mol. The van der Waals surface area contributed by atoms with Gasteiger partial charge in [0.2, 0.25) is 0 Å². The van der Waals surface area contributed by atoms with E-state index < -0.39 is 30.3 Å². The summed E-state index contributed by atoms with van der Waals surface area (Å²) >= 11 is 0. The van der Waals surface area contributed by atoms with E-state index >= 15 is 0 Å². The fraction of sp³-hybridized carbons (Fsp3) is 0.273. The van der Waals surface area contributed by atoms with Gasteiger partial charge in [-0.05, 0) is 17.7 Å². The number of nitrogens with zero attached hydrogens (tertiary/aromatic N) is 1. The van der Waals surface area contributed by atoms with E-state index in [4.69, 9.17) is 10.4 Å². The van der Waals surface area contributed by atoms with Gasteiger partial charge in [-0.25, -0.2) is 4.79 Å². The Hall–Kier alpha value is -2.27. The maximum Gasteiger partial charge on any atom is 0.573 e. The van der Waals surface area contributed by atoms with Gasteiger partial charge < -0.3 is 14.6 Å². The second-order valence-corrected chi connectivity index (χ2v) is 3.31. The second-order valence-electron chi connectivity index (χ2n) is 3.31. The van der Waals surface area contributed by atoms with Gasteiger partial charge in [0.1, 0.15) is 11.8 Å². The Balaban J connectivity index is 3.39. The number of benzene rings is 1. The summed E-state index contributed by atoms with van der Waals surface area (Å²) in [5, 5.41) is 17.9. The fourth-order valence-corrected chi connectivity index (χ4v) is 1.39. The maximum absolute atomic E-state index is 12.1. The molecule has 0 radical (unpaired) electrons. The van der Waals surface area contributed by atoms with E-state index in [0.29, 0.717) is 0 Å². The molecule has 0 aliphatic carbocycles. The van der Waals surface area contributed by atoms with Crippen molar-refractivity contribution in [2.75, 3.05) is 7.11 Å². The van der Waals surface area contributed by atoms with Gasteiger partial charge >= 0.3 is 12.3 Å². The van der Waals surface area contributed by atoms with E-state index in [9.17, 15) is 18.0 Å². The average molecular weight is 275 g/mol. The zero-order chi connectivity index (χ0) is 14.6. The maximum atomic E-state index is 12.1. The molecule has 1 aromatic carbocycles. The number of rotatable bonds is 3. The standard InChI is InChI=1S/C11H8F3NO4/c1-18-10(17)8-3-7(19-11(12,13)14)2-6(5-16)9(8)4-15/h2-3,16H,5H2,1H3. The zero-order valence-electron chi connectivity index (χ0n) is 9.61. The quantitative estimate of drug-likeness (QED) is 0.850. The van der Waals surface area contributed by atoms with Crippen molar-refractivity contribution in [2.24, 2.45) is 0 Å². The van der Waals surface area contributed by atoms with Crippen molar-refractivity contribution in [2.45, 2.75) is 13.0 Å². The predicted octanol–water partition coefficient (Wildman–Crippen LogP) is 1.74. The van der Waals surface area contributed by atoms with Crippen molar-refractivity contribution in [1.82, 2.24) is 0 Å². The Labute approximate surface area is 105 Å². The molecule has 0 aliphatic heterocycles. The molecule has 8 heteroatoms. The van der Waals surface area contributed by atoms with Crippen molar-refractivity contribution < 1.29 is 32.5 Å². The first kappa shape index (κ1) is 14.8. The van der Waals surface area contributed by atoms with Crippen LogP contribution >= 0.6 is 0 Å². The molecule has 0 fully saturated rings. The lowest BCUT2D eigenvalue weighted by atomic mass is 10.0. The number of carbonyl (C=O) groups is 1. The van der Waals surface area contributed by atoms with Crippen LogP contribution in [0.3, 0.4) is 0 Å². The number of alkyl halides is 3. The van der Waals surface area contributed by atoms with E-state index in [1.807, 2.05) is 0 Å². The lowest BCUT2D eigenvalue weighted by molar-refractivity contribution is -0.274. The molecule has 1 rings (SSSR count). The molecule has 0 amide bonds. The summed E-state index contributed by atoms with van der Waals surface area (Å²) in [6.45, 7) is -0.720. The van der Waals surface area contributed by atoms with Gasteiger partial charge in [0, 0.05) is 0 Å². The number of hydrogen-bond donors (Lipinski definition) is 1. The van der Waals surface area contributed by atoms with Crippen LogP contribution in [0.4, 0.5) is 13.2 Å². The summed E-state index contributed by atoms with van der Waals surface area (Å²) in [6.07, 6.45) is -4.95. The normalized spacial score (nSPS) is 10.7. The second kappa shape index (κ2) is 5.58. The van der Waals surface area contributed by atoms with Crippen molar-refractivity contribution >= 4 is 5.97 Å². The first-order chi connectivity index (χ1) is 8.82. The number of halogens is 3. The first-order valence-electron chi connectivity index (χ1n) is 4.84. The lowest BCUT2D eigenvalue weighted by Gasteiger charge is -2.12. The van der Waals surface area contributed by atoms with E-state index in [-0.39, 0.29) is 11.1 Å². The lowest BCUT2D eigenvalue weighted by Crippen LogP contribution is -2.18. The van der Waals surface area contributed by atoms with E-state index in [0.717, 1.165) is 19.2 Å². The van der Waals surface area contributed by atoms with Crippen molar-refractivity contribution in [3.05, 3.63) is 28.8 Å². The fourth-order valence-electron chi connectivity index (χ4n) is 1.39. The highest BCUT2D eigenvalue weighted by Crippen LogP contribution is 2.28. The molecule has 0 spiro atoms. The Bertz CT molecular complexity index is 534. The summed E-state index contributed by atoms with van der Waals surface area (Å²) in [5.41, 5.74) is -0.829. The molecule has 0 unspecified atom stereocenters. The van der Waals surface area contributed by atoms with Gasteiger partial charge in [-0.1, -0.05) is 0 Å². The van der Waals surface area contributed by atoms with Gasteiger partial charge in [-0.3, -0.25) is 0 Å². The van der Waals surface area contributed by atoms with Crippen molar-refractivity contribution in [3.63, 3.8) is 0 Å². The van der Waals surface area contributed by atoms with Gasteiger partial charge in [-0.15, -0.1) is 13.2 Å². The summed E-state index contributed by atoms with van der Waals surface area (Å²) < 4.78 is 44.3. The van der Waals surface area contributed by atoms with Gasteiger partial charge in [0.05, 0.1) is 24.8 Å². The number of methoxy groups -OCH3 is 1. The molecule has 1 aromatic rings. The minimum absolute atomic E-state index is 0.162. The summed E-state index contributed by atoms with van der Waals surface area (Å²) in [5.74, 6) is -1.71. The summed E-state index contributed by atoms with van der Waals surface area (Å²) in [4.78, 5) is 11.4. The molecule has 102 valence electrons. The SMILES string of the molecule is COC(=O)c1cc(OC(F)(F)F)cc(CO)c1C#N. The number of esters is 1. The third-order valence-electron chi connectivity index (χ3n) is 2.11. The summed E-state index contributed by atoms with van der Waals surface area (Å²) in [7, 11) is 1.01. The molecule has 0 aromatic heterocycles. The van der Waals surface area contributed by atoms with Gasteiger partial charge in [0.15, 0.2) is 0 Å². The highest BCUT2D eigenvalue weighted by molar-refractivity contribution is 5.93. The van der Waals surface area contributed by atoms with E-state index in [1.165, 1.54) is 0 Å². The Kier molecular flexibility index (Phi) is 4.34. The summed E-state index contributed by atoms with van der Waals surface area (Å²) in [6, 6.07) is 3.19. The number of aliphatic hydroxyl groups is 1. The molecule has 0 bridgehead atoms. The van der Waals surface area contributed by atoms with Crippen LogP contribution in [-0.4, -0.2) is 24.5 Å². The van der Waals surface area contributed by atoms with E-state index in [2.05, 4.69) is 9.47 Å². The van der Waals surface area contributed by atoms with Crippen LogP contribution in [0.25, 0.3) is 0 Å². The largest absolute Gasteiger partial charge is 0.573 e. The van der Waals surface area contributed by atoms with Crippen LogP contribution in [0.2, 0.25) is 0 Å². The van der Waals surface area contributed by atoms with Crippen LogP contribution in [0.15, 0.2) is 12.1 Å². The van der Waals surface area contributed by atoms with Gasteiger partial charge in [0.25, 0.3) is 0 Å². The van der Waals surface area contributed by atoms with Crippen LogP contribution in [0.1, 0.15) is 21.5 Å². The molecule has 19 heavy (non-hydrogen) atoms. The smallest absolute Gasteiger partial charge is 0.465 e. The molecular weight excluding hydrogens is 267 g/mol. The number of ether oxygens (including phenoxy) is 2. The number of hydrogen-bond acceptors (Lipinski definition) is 5. The van der Waals surface area contributed by atoms with Crippen molar-refractivity contribution in [3.8, 4) is 11.8 Å². The molecule has 0 saturated heterocycles. The third kappa shape index (κ3) is 3.59. The number of carbonyl (C=O) groups excluding carboxylic acids is 1. The monoisotopic (exact) mass is 275 g/mol. The molecule has 0 atom stereocenters. The van der Waals surface area contributed by atoms with Crippen LogP contribution in [0, 0.1) is 11.3 Å². The Morgan fingerprint density at radius 1 is 1.47 bits per heavy atom. The Morgan fingerprint density at radius 2 is 2.11 bits per heavy atom. The van der Waals surface area contributed by atoms with Crippen LogP contribution in [-0.2, 0) is 11.3 Å². The minimum Gasteiger partial charge on any atom is -0.465 e. The number of nitriles is 1. The van der Waals surface area contributed by atoms with Crippen LogP contribution < -0.4 is 4.74 Å². The Morgan fingerprint density at radius 3 is 2.53 bits per heavy atom. The van der Waals surface area contributed by atoms with Crippen LogP contribution in [0.5, 0.6) is 5.75 Å². The highest BCUT2D eigenvalue weighted by Gasteiger charge is 2.32. The zero-order valence-corrected chi connectivity index (χ0v) is 9.61. The van der Waals surface area contributed by atoms with Gasteiger partial charge in [-0.2, -0.15) is 5.26 Å². The molecule has 5 nitrogen and oxygen atoms in total.